The van der Waals surface area contributed by atoms with Crippen molar-refractivity contribution in [1.29, 1.82) is 0 Å². The van der Waals surface area contributed by atoms with Crippen LogP contribution in [0.3, 0.4) is 0 Å². The van der Waals surface area contributed by atoms with Crippen LogP contribution in [0.15, 0.2) is 58.8 Å². The van der Waals surface area contributed by atoms with Gasteiger partial charge in [0.15, 0.2) is 0 Å². The van der Waals surface area contributed by atoms with Gasteiger partial charge in [-0.2, -0.15) is 0 Å². The molecule has 0 aliphatic rings. The van der Waals surface area contributed by atoms with E-state index >= 15 is 0 Å². The fraction of sp³-hybridized carbons (Fsp3) is 0. The number of anilines is 2. The first-order valence-corrected chi connectivity index (χ1v) is 8.51. The van der Waals surface area contributed by atoms with Gasteiger partial charge < -0.3 is 5.43 Å². The molecule has 0 saturated carbocycles. The third-order valence-corrected chi connectivity index (χ3v) is 5.33. The Balaban J connectivity index is 1.90. The van der Waals surface area contributed by atoms with Gasteiger partial charge in [0.2, 0.25) is 0 Å². The minimum absolute atomic E-state index is 0.187. The number of benzene rings is 2. The number of nitrogen functional groups attached to an aromatic ring is 1. The largest absolute Gasteiger partial charge is 0.324 e. The van der Waals surface area contributed by atoms with E-state index in [1.807, 2.05) is 23.6 Å². The molecule has 3 aromatic rings. The molecule has 0 aliphatic heterocycles. The molecule has 0 unspecified atom stereocenters. The van der Waals surface area contributed by atoms with Crippen molar-refractivity contribution < 1.29 is 8.42 Å². The molecular weight excluding hydrogens is 306 g/mol. The van der Waals surface area contributed by atoms with E-state index in [-0.39, 0.29) is 4.90 Å². The molecule has 5 nitrogen and oxygen atoms in total. The fourth-order valence-electron chi connectivity index (χ4n) is 1.97. The van der Waals surface area contributed by atoms with E-state index in [1.165, 1.54) is 12.1 Å². The molecule has 4 N–H and O–H groups in total. The average Bonchev–Trinajstić information content (AvgIpc) is 2.94. The Morgan fingerprint density at radius 2 is 1.67 bits per heavy atom. The summed E-state index contributed by atoms with van der Waals surface area (Å²) in [4.78, 5) is 0.187. The van der Waals surface area contributed by atoms with Crippen molar-refractivity contribution in [2.24, 2.45) is 5.84 Å². The highest BCUT2D eigenvalue weighted by molar-refractivity contribution is 7.92. The molecule has 0 bridgehead atoms. The molecular formula is C14H13N3O2S2. The molecule has 0 radical (unpaired) electrons. The normalized spacial score (nSPS) is 11.5. The summed E-state index contributed by atoms with van der Waals surface area (Å²) in [7, 11) is -3.61. The maximum Gasteiger partial charge on any atom is 0.261 e. The van der Waals surface area contributed by atoms with Gasteiger partial charge in [0.1, 0.15) is 0 Å². The Morgan fingerprint density at radius 3 is 2.38 bits per heavy atom. The van der Waals surface area contributed by atoms with Crippen molar-refractivity contribution in [2.75, 3.05) is 10.1 Å². The second-order valence-electron chi connectivity index (χ2n) is 4.45. The summed E-state index contributed by atoms with van der Waals surface area (Å²) in [6.07, 6.45) is 0. The average molecular weight is 319 g/mol. The van der Waals surface area contributed by atoms with Gasteiger partial charge in [0.25, 0.3) is 10.0 Å². The lowest BCUT2D eigenvalue weighted by Crippen LogP contribution is -2.13. The van der Waals surface area contributed by atoms with Gasteiger partial charge >= 0.3 is 0 Å². The summed E-state index contributed by atoms with van der Waals surface area (Å²) >= 11 is 1.62. The number of sulfonamides is 1. The summed E-state index contributed by atoms with van der Waals surface area (Å²) in [6.45, 7) is 0. The molecule has 21 heavy (non-hydrogen) atoms. The number of thiophene rings is 1. The third kappa shape index (κ3) is 2.85. The second kappa shape index (κ2) is 5.36. The zero-order valence-corrected chi connectivity index (χ0v) is 12.5. The van der Waals surface area contributed by atoms with Crippen molar-refractivity contribution >= 4 is 42.8 Å². The Bertz CT molecular complexity index is 871. The van der Waals surface area contributed by atoms with Gasteiger partial charge in [-0.3, -0.25) is 10.6 Å². The van der Waals surface area contributed by atoms with Crippen LogP contribution < -0.4 is 16.0 Å². The van der Waals surface area contributed by atoms with Crippen molar-refractivity contribution in [3.8, 4) is 0 Å². The van der Waals surface area contributed by atoms with Crippen LogP contribution >= 0.6 is 11.3 Å². The molecule has 2 aromatic carbocycles. The molecule has 0 saturated heterocycles. The van der Waals surface area contributed by atoms with Crippen LogP contribution in [0.1, 0.15) is 0 Å². The number of nitrogens with one attached hydrogen (secondary N) is 2. The first kappa shape index (κ1) is 13.9. The minimum atomic E-state index is -3.61. The topological polar surface area (TPSA) is 84.2 Å². The first-order valence-electron chi connectivity index (χ1n) is 6.15. The van der Waals surface area contributed by atoms with Crippen molar-refractivity contribution in [1.82, 2.24) is 0 Å². The number of hydrazine groups is 1. The Morgan fingerprint density at radius 1 is 0.952 bits per heavy atom. The number of rotatable bonds is 4. The van der Waals surface area contributed by atoms with Crippen LogP contribution in [0.2, 0.25) is 0 Å². The Kier molecular flexibility index (Phi) is 3.54. The van der Waals surface area contributed by atoms with Gasteiger partial charge in [0.05, 0.1) is 4.90 Å². The van der Waals surface area contributed by atoms with E-state index in [9.17, 15) is 8.42 Å². The maximum atomic E-state index is 12.3. The molecule has 0 fully saturated rings. The van der Waals surface area contributed by atoms with E-state index in [2.05, 4.69) is 10.1 Å². The van der Waals surface area contributed by atoms with Gasteiger partial charge in [-0.15, -0.1) is 11.3 Å². The van der Waals surface area contributed by atoms with Gasteiger partial charge in [-0.25, -0.2) is 8.42 Å². The molecule has 0 amide bonds. The van der Waals surface area contributed by atoms with Crippen molar-refractivity contribution in [3.63, 3.8) is 0 Å². The van der Waals surface area contributed by atoms with Crippen LogP contribution in [0.4, 0.5) is 11.4 Å². The fourth-order valence-corrected chi connectivity index (χ4v) is 3.79. The van der Waals surface area contributed by atoms with Crippen molar-refractivity contribution in [2.45, 2.75) is 4.90 Å². The number of hydrogen-bond donors (Lipinski definition) is 3. The number of nitrogens with two attached hydrogens (primary N) is 1. The zero-order chi connectivity index (χ0) is 14.9. The molecule has 0 aliphatic carbocycles. The summed E-state index contributed by atoms with van der Waals surface area (Å²) in [5.41, 5.74) is 3.65. The highest BCUT2D eigenvalue weighted by Crippen LogP contribution is 2.25. The van der Waals surface area contributed by atoms with Crippen LogP contribution in [-0.4, -0.2) is 8.42 Å². The van der Waals surface area contributed by atoms with E-state index in [0.717, 1.165) is 10.1 Å². The van der Waals surface area contributed by atoms with Crippen LogP contribution in [-0.2, 0) is 10.0 Å². The summed E-state index contributed by atoms with van der Waals surface area (Å²) < 4.78 is 28.3. The van der Waals surface area contributed by atoms with E-state index < -0.39 is 10.0 Å². The van der Waals surface area contributed by atoms with Crippen LogP contribution in [0, 0.1) is 0 Å². The maximum absolute atomic E-state index is 12.3. The lowest BCUT2D eigenvalue weighted by Gasteiger charge is -2.09. The van der Waals surface area contributed by atoms with Gasteiger partial charge in [-0.1, -0.05) is 0 Å². The predicted octanol–water partition coefficient (Wildman–Crippen LogP) is 2.99. The van der Waals surface area contributed by atoms with E-state index in [4.69, 9.17) is 5.84 Å². The third-order valence-electron chi connectivity index (χ3n) is 3.04. The minimum Gasteiger partial charge on any atom is -0.324 e. The first-order chi connectivity index (χ1) is 10.1. The summed E-state index contributed by atoms with van der Waals surface area (Å²) in [5, 5.41) is 2.99. The predicted molar refractivity (Wildman–Crippen MR) is 86.9 cm³/mol. The zero-order valence-electron chi connectivity index (χ0n) is 10.9. The highest BCUT2D eigenvalue weighted by Gasteiger charge is 2.14. The smallest absolute Gasteiger partial charge is 0.261 e. The second-order valence-corrected chi connectivity index (χ2v) is 7.08. The Labute approximate surface area is 126 Å². The molecule has 1 aromatic heterocycles. The SMILES string of the molecule is NNc1ccc(S(=O)(=O)Nc2ccc3sccc3c2)cc1. The molecule has 1 heterocycles. The number of fused-ring (bicyclic) bond motifs is 1. The van der Waals surface area contributed by atoms with E-state index in [1.54, 1.807) is 29.5 Å². The molecule has 108 valence electrons. The van der Waals surface area contributed by atoms with Crippen molar-refractivity contribution in [3.05, 3.63) is 53.9 Å². The summed E-state index contributed by atoms with van der Waals surface area (Å²) in [6, 6.07) is 13.7. The summed E-state index contributed by atoms with van der Waals surface area (Å²) in [5.74, 6) is 5.26. The standard InChI is InChI=1S/C14H13N3O2S2/c15-16-11-1-4-13(5-2-11)21(18,19)17-12-3-6-14-10(9-12)7-8-20-14/h1-9,16-17H,15H2. The molecule has 0 spiro atoms. The molecule has 7 heteroatoms. The van der Waals surface area contributed by atoms with Crippen LogP contribution in [0.5, 0.6) is 0 Å². The molecule has 3 rings (SSSR count). The van der Waals surface area contributed by atoms with Crippen LogP contribution in [0.25, 0.3) is 10.1 Å². The van der Waals surface area contributed by atoms with Gasteiger partial charge in [0, 0.05) is 16.1 Å². The molecule has 0 atom stereocenters. The monoisotopic (exact) mass is 319 g/mol. The Hall–Kier alpha value is -2.09. The lowest BCUT2D eigenvalue weighted by atomic mass is 10.2. The van der Waals surface area contributed by atoms with E-state index in [0.29, 0.717) is 11.4 Å². The highest BCUT2D eigenvalue weighted by atomic mass is 32.2. The lowest BCUT2D eigenvalue weighted by molar-refractivity contribution is 0.601. The quantitative estimate of drug-likeness (QED) is 0.510. The van der Waals surface area contributed by atoms with Gasteiger partial charge in [-0.05, 0) is 59.3 Å². The number of hydrogen-bond acceptors (Lipinski definition) is 5.